The van der Waals surface area contributed by atoms with Gasteiger partial charge >= 0.3 is 12.1 Å². The van der Waals surface area contributed by atoms with Gasteiger partial charge in [0.05, 0.1) is 13.1 Å². The monoisotopic (exact) mass is 480 g/mol. The smallest absolute Gasteiger partial charge is 0.407 e. The van der Waals surface area contributed by atoms with Gasteiger partial charge in [0.2, 0.25) is 5.91 Å². The van der Waals surface area contributed by atoms with Crippen LogP contribution in [-0.4, -0.2) is 66.4 Å². The number of aliphatic carboxylic acids is 1. The number of benzene rings is 2. The predicted octanol–water partition coefficient (Wildman–Crippen LogP) is 3.79. The lowest BCUT2D eigenvalue weighted by atomic mass is 9.95. The molecule has 8 heteroatoms. The van der Waals surface area contributed by atoms with Crippen molar-refractivity contribution >= 4 is 18.0 Å². The molecule has 2 aromatic carbocycles. The van der Waals surface area contributed by atoms with Crippen molar-refractivity contribution in [2.24, 2.45) is 0 Å². The second-order valence-electron chi connectivity index (χ2n) is 9.45. The number of likely N-dealkylation sites (tertiary alicyclic amines) is 1. The minimum Gasteiger partial charge on any atom is -0.480 e. The zero-order valence-electron chi connectivity index (χ0n) is 20.0. The van der Waals surface area contributed by atoms with Crippen molar-refractivity contribution < 1.29 is 29.0 Å². The fourth-order valence-corrected chi connectivity index (χ4v) is 4.84. The fourth-order valence-electron chi connectivity index (χ4n) is 4.84. The van der Waals surface area contributed by atoms with Crippen LogP contribution in [0.4, 0.5) is 4.79 Å². The quantitative estimate of drug-likeness (QED) is 0.474. The van der Waals surface area contributed by atoms with Crippen molar-refractivity contribution in [1.29, 1.82) is 0 Å². The summed E-state index contributed by atoms with van der Waals surface area (Å²) in [5.74, 6) is -0.925. The summed E-state index contributed by atoms with van der Waals surface area (Å²) < 4.78 is 10.9. The normalized spacial score (nSPS) is 15.6. The Morgan fingerprint density at radius 1 is 1.00 bits per heavy atom. The zero-order chi connectivity index (χ0) is 24.8. The summed E-state index contributed by atoms with van der Waals surface area (Å²) in [7, 11) is 0. The summed E-state index contributed by atoms with van der Waals surface area (Å²) in [6.45, 7) is 3.09. The number of amides is 2. The Hall–Kier alpha value is -3.39. The molecular weight excluding hydrogens is 448 g/mol. The van der Waals surface area contributed by atoms with Gasteiger partial charge in [0, 0.05) is 18.9 Å². The predicted molar refractivity (Wildman–Crippen MR) is 130 cm³/mol. The van der Waals surface area contributed by atoms with Crippen molar-refractivity contribution in [2.75, 3.05) is 32.8 Å². The van der Waals surface area contributed by atoms with Crippen LogP contribution >= 0.6 is 0 Å². The maximum Gasteiger partial charge on any atom is 0.407 e. The van der Waals surface area contributed by atoms with E-state index in [1.165, 1.54) is 22.3 Å². The van der Waals surface area contributed by atoms with Crippen LogP contribution < -0.4 is 5.32 Å². The second-order valence-corrected chi connectivity index (χ2v) is 9.45. The number of ether oxygens (including phenoxy) is 2. The number of hydrogen-bond acceptors (Lipinski definition) is 5. The lowest BCUT2D eigenvalue weighted by Crippen LogP contribution is -2.63. The first-order valence-electron chi connectivity index (χ1n) is 12.1. The van der Waals surface area contributed by atoms with Gasteiger partial charge in [-0.25, -0.2) is 9.59 Å². The van der Waals surface area contributed by atoms with E-state index in [4.69, 9.17) is 14.6 Å². The van der Waals surface area contributed by atoms with Gasteiger partial charge < -0.3 is 24.8 Å². The van der Waals surface area contributed by atoms with Gasteiger partial charge in [0.1, 0.15) is 18.8 Å². The molecule has 0 atom stereocenters. The molecule has 1 heterocycles. The molecule has 1 fully saturated rings. The number of carbonyl (C=O) groups excluding carboxylic acids is 2. The first-order chi connectivity index (χ1) is 16.9. The Balaban J connectivity index is 1.09. The molecule has 0 aromatic heterocycles. The highest BCUT2D eigenvalue weighted by atomic mass is 16.5. The largest absolute Gasteiger partial charge is 0.480 e. The van der Waals surface area contributed by atoms with Crippen molar-refractivity contribution in [1.82, 2.24) is 10.2 Å². The van der Waals surface area contributed by atoms with Gasteiger partial charge in [-0.15, -0.1) is 0 Å². The Morgan fingerprint density at radius 2 is 1.63 bits per heavy atom. The topological polar surface area (TPSA) is 105 Å². The van der Waals surface area contributed by atoms with Crippen LogP contribution in [0.3, 0.4) is 0 Å². The van der Waals surface area contributed by atoms with Crippen molar-refractivity contribution in [3.63, 3.8) is 0 Å². The van der Waals surface area contributed by atoms with Crippen molar-refractivity contribution in [2.45, 2.75) is 44.1 Å². The van der Waals surface area contributed by atoms with E-state index in [-0.39, 0.29) is 18.4 Å². The molecular formula is C27H32N2O6. The van der Waals surface area contributed by atoms with E-state index in [1.54, 1.807) is 4.90 Å². The van der Waals surface area contributed by atoms with Crippen LogP contribution in [0.2, 0.25) is 0 Å². The van der Waals surface area contributed by atoms with E-state index < -0.39 is 17.7 Å². The molecule has 2 amide bonds. The van der Waals surface area contributed by atoms with Gasteiger partial charge in [0.15, 0.2) is 0 Å². The number of rotatable bonds is 11. The zero-order valence-corrected chi connectivity index (χ0v) is 20.0. The van der Waals surface area contributed by atoms with E-state index in [0.717, 1.165) is 19.3 Å². The summed E-state index contributed by atoms with van der Waals surface area (Å²) in [6.07, 6.45) is 2.31. The Morgan fingerprint density at radius 3 is 2.26 bits per heavy atom. The maximum absolute atomic E-state index is 12.2. The summed E-state index contributed by atoms with van der Waals surface area (Å²) in [5, 5.41) is 11.5. The van der Waals surface area contributed by atoms with E-state index in [1.807, 2.05) is 31.2 Å². The first kappa shape index (κ1) is 24.7. The van der Waals surface area contributed by atoms with Crippen LogP contribution in [0, 0.1) is 0 Å². The van der Waals surface area contributed by atoms with Crippen LogP contribution in [0.5, 0.6) is 0 Å². The second kappa shape index (κ2) is 10.9. The van der Waals surface area contributed by atoms with Gasteiger partial charge in [-0.2, -0.15) is 0 Å². The Labute approximate surface area is 205 Å². The highest BCUT2D eigenvalue weighted by Crippen LogP contribution is 2.44. The third-order valence-electron chi connectivity index (χ3n) is 6.63. The number of nitrogens with one attached hydrogen (secondary N) is 1. The Kier molecular flexibility index (Phi) is 7.70. The van der Waals surface area contributed by atoms with Gasteiger partial charge in [0.25, 0.3) is 0 Å². The summed E-state index contributed by atoms with van der Waals surface area (Å²) >= 11 is 0. The summed E-state index contributed by atoms with van der Waals surface area (Å²) in [4.78, 5) is 36.8. The molecule has 0 spiro atoms. The average Bonchev–Trinajstić information content (AvgIpc) is 3.15. The molecule has 0 radical (unpaired) electrons. The molecule has 2 aromatic rings. The van der Waals surface area contributed by atoms with Crippen molar-refractivity contribution in [3.05, 3.63) is 59.7 Å². The summed E-state index contributed by atoms with van der Waals surface area (Å²) in [6, 6.07) is 16.5. The van der Waals surface area contributed by atoms with Crippen molar-refractivity contribution in [3.8, 4) is 11.1 Å². The minimum absolute atomic E-state index is 0.0389. The molecule has 8 nitrogen and oxygen atoms in total. The number of fused-ring (bicyclic) bond motifs is 3. The molecule has 1 aliphatic heterocycles. The van der Waals surface area contributed by atoms with E-state index in [0.29, 0.717) is 32.7 Å². The van der Waals surface area contributed by atoms with Gasteiger partial charge in [-0.05, 0) is 42.0 Å². The van der Waals surface area contributed by atoms with E-state index >= 15 is 0 Å². The number of carboxylic acids is 1. The number of hydrogen-bond donors (Lipinski definition) is 2. The maximum atomic E-state index is 12.2. The first-order valence-corrected chi connectivity index (χ1v) is 12.1. The van der Waals surface area contributed by atoms with E-state index in [2.05, 4.69) is 29.6 Å². The number of unbranched alkanes of at least 4 members (excludes halogenated alkanes) is 2. The van der Waals surface area contributed by atoms with Crippen LogP contribution in [0.1, 0.15) is 49.7 Å². The third kappa shape index (κ3) is 6.00. The minimum atomic E-state index is -1.01. The lowest BCUT2D eigenvalue weighted by Gasteiger charge is -2.47. The third-order valence-corrected chi connectivity index (χ3v) is 6.63. The van der Waals surface area contributed by atoms with Gasteiger partial charge in [-0.1, -0.05) is 55.0 Å². The Bertz CT molecular complexity index is 1030. The standard InChI is InChI=1S/C27H32N2O6/c1-27(35-16-25(31)32)17-29(18-27)24(30)13-3-2-8-14-28-26(33)34-15-23-21-11-6-4-9-19(21)20-10-5-7-12-22(20)23/h4-7,9-12,23H,2-3,8,13-18H2,1H3,(H,28,33)(H,31,32). The highest BCUT2D eigenvalue weighted by Gasteiger charge is 2.42. The van der Waals surface area contributed by atoms with E-state index in [9.17, 15) is 14.4 Å². The fraction of sp³-hybridized carbons (Fsp3) is 0.444. The highest BCUT2D eigenvalue weighted by molar-refractivity contribution is 5.79. The molecule has 1 aliphatic carbocycles. The molecule has 4 rings (SSSR count). The average molecular weight is 481 g/mol. The molecule has 35 heavy (non-hydrogen) atoms. The molecule has 186 valence electrons. The number of nitrogens with zero attached hydrogens (tertiary/aromatic N) is 1. The number of alkyl carbamates (subject to hydrolysis) is 1. The van der Waals surface area contributed by atoms with Crippen LogP contribution in [0.25, 0.3) is 11.1 Å². The van der Waals surface area contributed by atoms with Gasteiger partial charge in [-0.3, -0.25) is 4.79 Å². The molecule has 0 saturated carbocycles. The van der Waals surface area contributed by atoms with Crippen LogP contribution in [-0.2, 0) is 19.1 Å². The lowest BCUT2D eigenvalue weighted by molar-refractivity contribution is -0.173. The molecule has 0 unspecified atom stereocenters. The number of carboxylic acid groups (broad SMARTS) is 1. The SMILES string of the molecule is CC1(OCC(=O)O)CN(C(=O)CCCCCNC(=O)OCC2c3ccccc3-c3ccccc32)C1. The molecule has 2 aliphatic rings. The molecule has 1 saturated heterocycles. The number of carbonyl (C=O) groups is 3. The molecule has 0 bridgehead atoms. The molecule has 2 N–H and O–H groups in total. The summed E-state index contributed by atoms with van der Waals surface area (Å²) in [5.41, 5.74) is 4.19. The van der Waals surface area contributed by atoms with Crippen LogP contribution in [0.15, 0.2) is 48.5 Å².